The summed E-state index contributed by atoms with van der Waals surface area (Å²) in [6.45, 7) is 2.91. The molecule has 2 aromatic heterocycles. The first kappa shape index (κ1) is 10.7. The summed E-state index contributed by atoms with van der Waals surface area (Å²) in [4.78, 5) is 8.64. The lowest BCUT2D eigenvalue weighted by atomic mass is 10.3. The number of allylic oxidation sites excluding steroid dienone is 1. The minimum absolute atomic E-state index is 0.864. The van der Waals surface area contributed by atoms with Gasteiger partial charge in [-0.1, -0.05) is 12.2 Å². The summed E-state index contributed by atoms with van der Waals surface area (Å²) in [5, 5.41) is 3.30. The van der Waals surface area contributed by atoms with E-state index in [9.17, 15) is 0 Å². The second-order valence-corrected chi connectivity index (χ2v) is 3.67. The highest BCUT2D eigenvalue weighted by molar-refractivity contribution is 5.85. The van der Waals surface area contributed by atoms with Crippen molar-refractivity contribution in [2.45, 2.75) is 13.3 Å². The monoisotopic (exact) mass is 216 g/mol. The highest BCUT2D eigenvalue weighted by Crippen LogP contribution is 2.18. The molecule has 0 aliphatic carbocycles. The SMILES string of the molecule is C/C=C/CCNc1nccc2c1ncn2C. The van der Waals surface area contributed by atoms with Gasteiger partial charge in [0.1, 0.15) is 5.52 Å². The highest BCUT2D eigenvalue weighted by Gasteiger charge is 2.05. The van der Waals surface area contributed by atoms with E-state index in [0.717, 1.165) is 29.8 Å². The molecule has 2 heterocycles. The number of aryl methyl sites for hydroxylation is 1. The Morgan fingerprint density at radius 2 is 2.31 bits per heavy atom. The molecule has 0 saturated carbocycles. The predicted octanol–water partition coefficient (Wildman–Crippen LogP) is 2.35. The zero-order valence-corrected chi connectivity index (χ0v) is 9.64. The van der Waals surface area contributed by atoms with E-state index in [2.05, 4.69) is 27.4 Å². The van der Waals surface area contributed by atoms with Crippen LogP contribution in [0.25, 0.3) is 11.0 Å². The molecule has 0 spiro atoms. The first-order valence-corrected chi connectivity index (χ1v) is 5.44. The number of aromatic nitrogens is 3. The Kier molecular flexibility index (Phi) is 3.19. The molecule has 2 aromatic rings. The molecule has 84 valence electrons. The van der Waals surface area contributed by atoms with Gasteiger partial charge in [-0.15, -0.1) is 0 Å². The number of fused-ring (bicyclic) bond motifs is 1. The molecule has 0 atom stereocenters. The number of anilines is 1. The van der Waals surface area contributed by atoms with Crippen molar-refractivity contribution in [3.05, 3.63) is 30.7 Å². The topological polar surface area (TPSA) is 42.7 Å². The molecule has 0 aliphatic rings. The fraction of sp³-hybridized carbons (Fsp3) is 0.333. The van der Waals surface area contributed by atoms with Crippen LogP contribution in [0.15, 0.2) is 30.7 Å². The maximum atomic E-state index is 4.34. The lowest BCUT2D eigenvalue weighted by molar-refractivity contribution is 0.947. The van der Waals surface area contributed by atoms with Gasteiger partial charge in [-0.3, -0.25) is 0 Å². The third kappa shape index (κ3) is 2.05. The molecule has 1 N–H and O–H groups in total. The molecular formula is C12H16N4. The smallest absolute Gasteiger partial charge is 0.154 e. The van der Waals surface area contributed by atoms with Crippen LogP contribution in [0, 0.1) is 0 Å². The summed E-state index contributed by atoms with van der Waals surface area (Å²) in [6.07, 6.45) is 8.80. The van der Waals surface area contributed by atoms with Crippen LogP contribution in [-0.2, 0) is 7.05 Å². The van der Waals surface area contributed by atoms with Gasteiger partial charge in [0.15, 0.2) is 5.82 Å². The van der Waals surface area contributed by atoms with Gasteiger partial charge in [0.25, 0.3) is 0 Å². The number of rotatable bonds is 4. The summed E-state index contributed by atoms with van der Waals surface area (Å²) in [6, 6.07) is 1.97. The molecule has 16 heavy (non-hydrogen) atoms. The van der Waals surface area contributed by atoms with Crippen molar-refractivity contribution in [1.29, 1.82) is 0 Å². The molecule has 0 aliphatic heterocycles. The van der Waals surface area contributed by atoms with Crippen LogP contribution in [0.2, 0.25) is 0 Å². The average Bonchev–Trinajstić information content (AvgIpc) is 2.68. The summed E-state index contributed by atoms with van der Waals surface area (Å²) in [7, 11) is 1.99. The van der Waals surface area contributed by atoms with Gasteiger partial charge >= 0.3 is 0 Å². The number of nitrogens with zero attached hydrogens (tertiary/aromatic N) is 3. The fourth-order valence-electron chi connectivity index (χ4n) is 1.63. The van der Waals surface area contributed by atoms with E-state index in [1.54, 1.807) is 0 Å². The first-order valence-electron chi connectivity index (χ1n) is 5.44. The second-order valence-electron chi connectivity index (χ2n) is 3.67. The molecule has 0 fully saturated rings. The molecule has 0 unspecified atom stereocenters. The van der Waals surface area contributed by atoms with Crippen molar-refractivity contribution in [2.75, 3.05) is 11.9 Å². The molecular weight excluding hydrogens is 200 g/mol. The van der Waals surface area contributed by atoms with Crippen LogP contribution in [0.1, 0.15) is 13.3 Å². The van der Waals surface area contributed by atoms with Crippen molar-refractivity contribution in [3.8, 4) is 0 Å². The minimum atomic E-state index is 0.864. The van der Waals surface area contributed by atoms with Gasteiger partial charge < -0.3 is 9.88 Å². The van der Waals surface area contributed by atoms with Crippen LogP contribution in [0.3, 0.4) is 0 Å². The third-order valence-corrected chi connectivity index (χ3v) is 2.48. The van der Waals surface area contributed by atoms with E-state index in [4.69, 9.17) is 0 Å². The van der Waals surface area contributed by atoms with Crippen LogP contribution in [0.4, 0.5) is 5.82 Å². The quantitative estimate of drug-likeness (QED) is 0.630. The zero-order chi connectivity index (χ0) is 11.4. The maximum Gasteiger partial charge on any atom is 0.154 e. The Balaban J connectivity index is 2.17. The van der Waals surface area contributed by atoms with Crippen LogP contribution >= 0.6 is 0 Å². The van der Waals surface area contributed by atoms with Gasteiger partial charge in [-0.25, -0.2) is 9.97 Å². The van der Waals surface area contributed by atoms with E-state index in [0.29, 0.717) is 0 Å². The predicted molar refractivity (Wildman–Crippen MR) is 66.4 cm³/mol. The maximum absolute atomic E-state index is 4.34. The number of hydrogen-bond donors (Lipinski definition) is 1. The Bertz CT molecular complexity index is 499. The summed E-state index contributed by atoms with van der Waals surface area (Å²) >= 11 is 0. The van der Waals surface area contributed by atoms with Crippen molar-refractivity contribution >= 4 is 16.9 Å². The lowest BCUT2D eigenvalue weighted by Gasteiger charge is -2.04. The molecule has 0 amide bonds. The largest absolute Gasteiger partial charge is 0.368 e. The Hall–Kier alpha value is -1.84. The van der Waals surface area contributed by atoms with Crippen LogP contribution < -0.4 is 5.32 Å². The molecule has 0 saturated heterocycles. The standard InChI is InChI=1S/C12H16N4/c1-3-4-5-7-13-12-11-10(6-8-14-12)16(2)9-15-11/h3-4,6,8-9H,5,7H2,1-2H3,(H,13,14)/b4-3+. The van der Waals surface area contributed by atoms with Crippen molar-refractivity contribution < 1.29 is 0 Å². The summed E-state index contributed by atoms with van der Waals surface area (Å²) in [5.74, 6) is 0.864. The number of nitrogens with one attached hydrogen (secondary N) is 1. The van der Waals surface area contributed by atoms with E-state index in [1.807, 2.05) is 37.1 Å². The van der Waals surface area contributed by atoms with Gasteiger partial charge in [0.05, 0.1) is 11.8 Å². The highest BCUT2D eigenvalue weighted by atomic mass is 15.1. The Labute approximate surface area is 95.0 Å². The number of pyridine rings is 1. The molecule has 4 heteroatoms. The van der Waals surface area contributed by atoms with E-state index in [-0.39, 0.29) is 0 Å². The Morgan fingerprint density at radius 3 is 3.12 bits per heavy atom. The summed E-state index contributed by atoms with van der Waals surface area (Å²) in [5.41, 5.74) is 2.04. The molecule has 0 aromatic carbocycles. The van der Waals surface area contributed by atoms with Crippen molar-refractivity contribution in [3.63, 3.8) is 0 Å². The van der Waals surface area contributed by atoms with E-state index in [1.165, 1.54) is 0 Å². The normalized spacial score (nSPS) is 11.4. The second kappa shape index (κ2) is 4.79. The van der Waals surface area contributed by atoms with Gasteiger partial charge in [-0.05, 0) is 19.4 Å². The Morgan fingerprint density at radius 1 is 1.44 bits per heavy atom. The molecule has 0 bridgehead atoms. The fourth-order valence-corrected chi connectivity index (χ4v) is 1.63. The van der Waals surface area contributed by atoms with Crippen LogP contribution in [-0.4, -0.2) is 21.1 Å². The van der Waals surface area contributed by atoms with Crippen LogP contribution in [0.5, 0.6) is 0 Å². The first-order chi connectivity index (χ1) is 7.83. The van der Waals surface area contributed by atoms with Gasteiger partial charge in [0, 0.05) is 19.8 Å². The molecule has 4 nitrogen and oxygen atoms in total. The third-order valence-electron chi connectivity index (χ3n) is 2.48. The average molecular weight is 216 g/mol. The molecule has 0 radical (unpaired) electrons. The van der Waals surface area contributed by atoms with Gasteiger partial charge in [-0.2, -0.15) is 0 Å². The lowest BCUT2D eigenvalue weighted by Crippen LogP contribution is -2.02. The number of imidazole rings is 1. The zero-order valence-electron chi connectivity index (χ0n) is 9.64. The molecule has 2 rings (SSSR count). The van der Waals surface area contributed by atoms with Crippen molar-refractivity contribution in [2.24, 2.45) is 7.05 Å². The van der Waals surface area contributed by atoms with Gasteiger partial charge in [0.2, 0.25) is 0 Å². The minimum Gasteiger partial charge on any atom is -0.368 e. The van der Waals surface area contributed by atoms with E-state index < -0.39 is 0 Å². The van der Waals surface area contributed by atoms with E-state index >= 15 is 0 Å². The number of hydrogen-bond acceptors (Lipinski definition) is 3. The van der Waals surface area contributed by atoms with Crippen molar-refractivity contribution in [1.82, 2.24) is 14.5 Å². The summed E-state index contributed by atoms with van der Waals surface area (Å²) < 4.78 is 1.99.